The molecule has 0 aliphatic heterocycles. The number of aliphatic hydroxyl groups excluding tert-OH is 1. The fourth-order valence-electron chi connectivity index (χ4n) is 1.85. The molecular weight excluding hydrogens is 274 g/mol. The summed E-state index contributed by atoms with van der Waals surface area (Å²) >= 11 is 1.33. The maximum Gasteiger partial charge on any atom is 0.119 e. The Kier molecular flexibility index (Phi) is 4.25. The van der Waals surface area contributed by atoms with E-state index in [1.54, 1.807) is 0 Å². The summed E-state index contributed by atoms with van der Waals surface area (Å²) in [6.07, 6.45) is 1.97. The van der Waals surface area contributed by atoms with Gasteiger partial charge in [-0.3, -0.25) is 0 Å². The molecule has 1 atom stereocenters. The van der Waals surface area contributed by atoms with Crippen molar-refractivity contribution in [1.29, 1.82) is 0 Å². The highest BCUT2D eigenvalue weighted by Crippen LogP contribution is 2.21. The zero-order chi connectivity index (χ0) is 13.8. The first-order valence-electron chi connectivity index (χ1n) is 6.73. The Labute approximate surface area is 121 Å². The summed E-state index contributed by atoms with van der Waals surface area (Å²) < 4.78 is 9.41. The van der Waals surface area contributed by atoms with Crippen molar-refractivity contribution in [2.75, 3.05) is 13.2 Å². The number of benzene rings is 1. The van der Waals surface area contributed by atoms with Gasteiger partial charge in [-0.1, -0.05) is 4.49 Å². The highest BCUT2D eigenvalue weighted by molar-refractivity contribution is 7.03. The van der Waals surface area contributed by atoms with Gasteiger partial charge in [0.25, 0.3) is 0 Å². The molecule has 5 nitrogen and oxygen atoms in total. The minimum Gasteiger partial charge on any atom is -0.491 e. The highest BCUT2D eigenvalue weighted by atomic mass is 32.1. The number of hydrogen-bond acceptors (Lipinski definition) is 6. The molecule has 1 aromatic carbocycles. The normalized spacial score (nSPS) is 16.1. The van der Waals surface area contributed by atoms with Crippen LogP contribution in [0.2, 0.25) is 0 Å². The van der Waals surface area contributed by atoms with Crippen LogP contribution in [0.3, 0.4) is 0 Å². The van der Waals surface area contributed by atoms with Crippen molar-refractivity contribution in [1.82, 2.24) is 14.9 Å². The zero-order valence-electron chi connectivity index (χ0n) is 11.0. The predicted octanol–water partition coefficient (Wildman–Crippen LogP) is 1.70. The Balaban J connectivity index is 1.47. The lowest BCUT2D eigenvalue weighted by Crippen LogP contribution is -2.32. The molecule has 1 unspecified atom stereocenters. The van der Waals surface area contributed by atoms with Gasteiger partial charge in [0.05, 0.1) is 0 Å². The molecule has 0 spiro atoms. The first kappa shape index (κ1) is 13.5. The summed E-state index contributed by atoms with van der Waals surface area (Å²) in [5.74, 6) is 0.752. The second-order valence-electron chi connectivity index (χ2n) is 4.96. The van der Waals surface area contributed by atoms with Gasteiger partial charge in [-0.25, -0.2) is 0 Å². The minimum absolute atomic E-state index is 0.303. The highest BCUT2D eigenvalue weighted by Gasteiger charge is 2.21. The lowest BCUT2D eigenvalue weighted by Gasteiger charge is -2.13. The molecule has 6 heteroatoms. The van der Waals surface area contributed by atoms with Gasteiger partial charge >= 0.3 is 0 Å². The van der Waals surface area contributed by atoms with E-state index in [0.717, 1.165) is 17.0 Å². The van der Waals surface area contributed by atoms with Crippen molar-refractivity contribution in [3.63, 3.8) is 0 Å². The molecule has 1 aliphatic carbocycles. The van der Waals surface area contributed by atoms with Gasteiger partial charge in [0, 0.05) is 23.5 Å². The first-order valence-corrected chi connectivity index (χ1v) is 7.56. The molecule has 1 fully saturated rings. The third-order valence-corrected chi connectivity index (χ3v) is 3.68. The van der Waals surface area contributed by atoms with Crippen molar-refractivity contribution >= 4 is 11.5 Å². The molecule has 0 bridgehead atoms. The van der Waals surface area contributed by atoms with E-state index in [1.807, 2.05) is 29.6 Å². The second-order valence-corrected chi connectivity index (χ2v) is 5.57. The Morgan fingerprint density at radius 1 is 1.35 bits per heavy atom. The molecular formula is C14H17N3O2S. The van der Waals surface area contributed by atoms with Crippen LogP contribution >= 0.6 is 11.5 Å². The first-order chi connectivity index (χ1) is 9.81. The summed E-state index contributed by atoms with van der Waals surface area (Å²) in [6.45, 7) is 0.893. The Morgan fingerprint density at radius 2 is 2.15 bits per heavy atom. The van der Waals surface area contributed by atoms with E-state index in [9.17, 15) is 5.11 Å². The van der Waals surface area contributed by atoms with E-state index in [-0.39, 0.29) is 0 Å². The fraction of sp³-hybridized carbons (Fsp3) is 0.429. The van der Waals surface area contributed by atoms with Gasteiger partial charge < -0.3 is 15.2 Å². The number of rotatable bonds is 7. The summed E-state index contributed by atoms with van der Waals surface area (Å²) in [5, 5.41) is 19.0. The number of nitrogens with one attached hydrogen (secondary N) is 1. The average Bonchev–Trinajstić information content (AvgIpc) is 3.15. The van der Waals surface area contributed by atoms with Crippen LogP contribution < -0.4 is 10.1 Å². The van der Waals surface area contributed by atoms with Crippen molar-refractivity contribution in [3.05, 3.63) is 29.6 Å². The van der Waals surface area contributed by atoms with E-state index in [0.29, 0.717) is 19.2 Å². The predicted molar refractivity (Wildman–Crippen MR) is 77.9 cm³/mol. The van der Waals surface area contributed by atoms with Crippen molar-refractivity contribution in [2.45, 2.75) is 25.0 Å². The topological polar surface area (TPSA) is 67.3 Å². The SMILES string of the molecule is OC(CNC1CC1)COc1ccc(-c2csnn2)cc1. The Bertz CT molecular complexity index is 526. The van der Waals surface area contributed by atoms with E-state index in [1.165, 1.54) is 24.4 Å². The minimum atomic E-state index is -0.474. The van der Waals surface area contributed by atoms with Crippen LogP contribution in [0.4, 0.5) is 0 Å². The summed E-state index contributed by atoms with van der Waals surface area (Å²) in [6, 6.07) is 8.27. The lowest BCUT2D eigenvalue weighted by molar-refractivity contribution is 0.106. The molecule has 1 saturated carbocycles. The lowest BCUT2D eigenvalue weighted by atomic mass is 10.2. The quantitative estimate of drug-likeness (QED) is 0.812. The van der Waals surface area contributed by atoms with Crippen molar-refractivity contribution < 1.29 is 9.84 Å². The Morgan fingerprint density at radius 3 is 2.80 bits per heavy atom. The second kappa shape index (κ2) is 6.30. The van der Waals surface area contributed by atoms with E-state index in [2.05, 4.69) is 14.9 Å². The monoisotopic (exact) mass is 291 g/mol. The number of aromatic nitrogens is 2. The molecule has 1 aliphatic rings. The van der Waals surface area contributed by atoms with Crippen LogP contribution in [0, 0.1) is 0 Å². The third kappa shape index (κ3) is 3.75. The van der Waals surface area contributed by atoms with Crippen molar-refractivity contribution in [3.8, 4) is 17.0 Å². The van der Waals surface area contributed by atoms with Crippen LogP contribution in [0.5, 0.6) is 5.75 Å². The summed E-state index contributed by atoms with van der Waals surface area (Å²) in [4.78, 5) is 0. The molecule has 3 rings (SSSR count). The van der Waals surface area contributed by atoms with E-state index in [4.69, 9.17) is 4.74 Å². The Hall–Kier alpha value is -1.50. The van der Waals surface area contributed by atoms with Gasteiger partial charge in [0.15, 0.2) is 0 Å². The number of ether oxygens (including phenoxy) is 1. The van der Waals surface area contributed by atoms with Gasteiger partial charge in [-0.2, -0.15) is 0 Å². The molecule has 20 heavy (non-hydrogen) atoms. The van der Waals surface area contributed by atoms with Gasteiger partial charge in [-0.05, 0) is 48.6 Å². The largest absolute Gasteiger partial charge is 0.491 e. The van der Waals surface area contributed by atoms with Gasteiger partial charge in [0.1, 0.15) is 24.2 Å². The van der Waals surface area contributed by atoms with Crippen molar-refractivity contribution in [2.24, 2.45) is 0 Å². The smallest absolute Gasteiger partial charge is 0.119 e. The molecule has 0 amide bonds. The molecule has 1 aromatic heterocycles. The number of nitrogens with zero attached hydrogens (tertiary/aromatic N) is 2. The third-order valence-electron chi connectivity index (χ3n) is 3.17. The van der Waals surface area contributed by atoms with Crippen LogP contribution in [0.1, 0.15) is 12.8 Å². The molecule has 106 valence electrons. The molecule has 1 heterocycles. The van der Waals surface area contributed by atoms with Gasteiger partial charge in [0.2, 0.25) is 0 Å². The van der Waals surface area contributed by atoms with Crippen LogP contribution in [0.15, 0.2) is 29.6 Å². The standard InChI is InChI=1S/C14H17N3O2S/c18-12(7-15-11-3-4-11)8-19-13-5-1-10(2-6-13)14-9-20-17-16-14/h1-2,5-6,9,11-12,15,18H,3-4,7-8H2. The van der Waals surface area contributed by atoms with Crippen LogP contribution in [-0.2, 0) is 0 Å². The van der Waals surface area contributed by atoms with E-state index >= 15 is 0 Å². The zero-order valence-corrected chi connectivity index (χ0v) is 11.8. The fourth-order valence-corrected chi connectivity index (χ4v) is 2.32. The number of aliphatic hydroxyl groups is 1. The maximum atomic E-state index is 9.79. The maximum absolute atomic E-state index is 9.79. The molecule has 2 aromatic rings. The summed E-state index contributed by atoms with van der Waals surface area (Å²) in [5.41, 5.74) is 1.89. The van der Waals surface area contributed by atoms with E-state index < -0.39 is 6.10 Å². The van der Waals surface area contributed by atoms with Gasteiger partial charge in [-0.15, -0.1) is 5.10 Å². The van der Waals surface area contributed by atoms with Crippen LogP contribution in [-0.4, -0.2) is 40.0 Å². The van der Waals surface area contributed by atoms with Crippen LogP contribution in [0.25, 0.3) is 11.3 Å². The number of hydrogen-bond donors (Lipinski definition) is 2. The summed E-state index contributed by atoms with van der Waals surface area (Å²) in [7, 11) is 0. The molecule has 2 N–H and O–H groups in total. The molecule has 0 saturated heterocycles. The average molecular weight is 291 g/mol. The molecule has 0 radical (unpaired) electrons.